The van der Waals surface area contributed by atoms with Gasteiger partial charge in [0.2, 0.25) is 0 Å². The van der Waals surface area contributed by atoms with Crippen LogP contribution in [0.2, 0.25) is 0 Å². The molecule has 0 aromatic heterocycles. The van der Waals surface area contributed by atoms with Gasteiger partial charge in [-0.05, 0) is 25.7 Å². The summed E-state index contributed by atoms with van der Waals surface area (Å²) in [5, 5.41) is 8.89. The van der Waals surface area contributed by atoms with E-state index in [1.165, 1.54) is 0 Å². The summed E-state index contributed by atoms with van der Waals surface area (Å²) in [6.07, 6.45) is 2.59. The number of ether oxygens (including phenoxy) is 1. The Morgan fingerprint density at radius 3 is 2.40 bits per heavy atom. The van der Waals surface area contributed by atoms with Gasteiger partial charge in [0.25, 0.3) is 0 Å². The van der Waals surface area contributed by atoms with Crippen LogP contribution in [0.4, 0.5) is 0 Å². The van der Waals surface area contributed by atoms with Crippen LogP contribution in [0, 0.1) is 0 Å². The number of esters is 1. The third-order valence-electron chi connectivity index (χ3n) is 2.32. The highest BCUT2D eigenvalue weighted by Gasteiger charge is 2.24. The van der Waals surface area contributed by atoms with E-state index in [0.29, 0.717) is 18.4 Å². The van der Waals surface area contributed by atoms with Crippen LogP contribution in [0.25, 0.3) is 0 Å². The van der Waals surface area contributed by atoms with Crippen LogP contribution in [0.5, 0.6) is 0 Å². The quantitative estimate of drug-likeness (QED) is 0.661. The molecule has 15 heavy (non-hydrogen) atoms. The summed E-state index contributed by atoms with van der Waals surface area (Å²) in [4.78, 5) is 22.3. The highest BCUT2D eigenvalue weighted by Crippen LogP contribution is 2.25. The van der Waals surface area contributed by atoms with Gasteiger partial charge in [-0.3, -0.25) is 0 Å². The molecule has 3 N–H and O–H groups in total. The van der Waals surface area contributed by atoms with Gasteiger partial charge >= 0.3 is 11.9 Å². The molecule has 0 aromatic rings. The molecule has 0 amide bonds. The zero-order chi connectivity index (χ0) is 11.3. The van der Waals surface area contributed by atoms with Gasteiger partial charge in [-0.25, -0.2) is 9.59 Å². The molecule has 0 aromatic carbocycles. The summed E-state index contributed by atoms with van der Waals surface area (Å²) < 4.78 is 4.83. The SMILES string of the molecule is NCCOC(=O)C1=C(C(=O)O)CCCC1. The lowest BCUT2D eigenvalue weighted by Crippen LogP contribution is -2.20. The Hall–Kier alpha value is -1.36. The molecule has 5 heteroatoms. The third-order valence-corrected chi connectivity index (χ3v) is 2.32. The number of nitrogens with two attached hydrogens (primary N) is 1. The van der Waals surface area contributed by atoms with E-state index in [0.717, 1.165) is 12.8 Å². The molecule has 0 unspecified atom stereocenters. The van der Waals surface area contributed by atoms with Gasteiger partial charge in [0, 0.05) is 17.7 Å². The molecule has 0 radical (unpaired) electrons. The second-order valence-electron chi connectivity index (χ2n) is 3.39. The van der Waals surface area contributed by atoms with Crippen molar-refractivity contribution in [3.05, 3.63) is 11.1 Å². The molecule has 1 aliphatic rings. The number of rotatable bonds is 4. The topological polar surface area (TPSA) is 89.6 Å². The molecular formula is C10H15NO4. The first-order valence-electron chi connectivity index (χ1n) is 4.99. The van der Waals surface area contributed by atoms with Gasteiger partial charge in [0.05, 0.1) is 0 Å². The van der Waals surface area contributed by atoms with E-state index in [-0.39, 0.29) is 18.7 Å². The van der Waals surface area contributed by atoms with Gasteiger partial charge in [-0.1, -0.05) is 0 Å². The number of carboxylic acid groups (broad SMARTS) is 1. The summed E-state index contributed by atoms with van der Waals surface area (Å²) in [6, 6.07) is 0. The molecule has 0 bridgehead atoms. The monoisotopic (exact) mass is 213 g/mol. The Morgan fingerprint density at radius 2 is 1.87 bits per heavy atom. The molecular weight excluding hydrogens is 198 g/mol. The molecule has 0 saturated heterocycles. The van der Waals surface area contributed by atoms with E-state index >= 15 is 0 Å². The van der Waals surface area contributed by atoms with Crippen LogP contribution in [0.1, 0.15) is 25.7 Å². The fourth-order valence-electron chi connectivity index (χ4n) is 1.61. The van der Waals surface area contributed by atoms with Gasteiger partial charge in [0.15, 0.2) is 0 Å². The smallest absolute Gasteiger partial charge is 0.334 e. The summed E-state index contributed by atoms with van der Waals surface area (Å²) in [5.74, 6) is -1.55. The molecule has 0 aliphatic heterocycles. The van der Waals surface area contributed by atoms with Crippen molar-refractivity contribution >= 4 is 11.9 Å². The molecule has 0 atom stereocenters. The van der Waals surface area contributed by atoms with Crippen LogP contribution < -0.4 is 5.73 Å². The highest BCUT2D eigenvalue weighted by atomic mass is 16.5. The van der Waals surface area contributed by atoms with E-state index in [4.69, 9.17) is 15.6 Å². The van der Waals surface area contributed by atoms with Gasteiger partial charge in [-0.2, -0.15) is 0 Å². The predicted octanol–water partition coefficient (Wildman–Crippen LogP) is 0.443. The molecule has 1 aliphatic carbocycles. The fourth-order valence-corrected chi connectivity index (χ4v) is 1.61. The summed E-state index contributed by atoms with van der Waals surface area (Å²) >= 11 is 0. The van der Waals surface area contributed by atoms with Crippen molar-refractivity contribution in [1.82, 2.24) is 0 Å². The van der Waals surface area contributed by atoms with Crippen LogP contribution >= 0.6 is 0 Å². The van der Waals surface area contributed by atoms with Crippen LogP contribution in [0.3, 0.4) is 0 Å². The Balaban J connectivity index is 2.77. The van der Waals surface area contributed by atoms with Crippen molar-refractivity contribution in [2.24, 2.45) is 5.73 Å². The number of hydrogen-bond acceptors (Lipinski definition) is 4. The minimum Gasteiger partial charge on any atom is -0.478 e. The molecule has 0 heterocycles. The molecule has 0 saturated carbocycles. The van der Waals surface area contributed by atoms with E-state index in [1.54, 1.807) is 0 Å². The lowest BCUT2D eigenvalue weighted by Gasteiger charge is -2.16. The maximum Gasteiger partial charge on any atom is 0.334 e. The molecule has 1 rings (SSSR count). The maximum absolute atomic E-state index is 11.5. The van der Waals surface area contributed by atoms with E-state index in [9.17, 15) is 9.59 Å². The van der Waals surface area contributed by atoms with Crippen molar-refractivity contribution in [2.75, 3.05) is 13.2 Å². The zero-order valence-corrected chi connectivity index (χ0v) is 8.49. The molecule has 84 valence electrons. The minimum atomic E-state index is -1.02. The third kappa shape index (κ3) is 3.06. The summed E-state index contributed by atoms with van der Waals surface area (Å²) in [6.45, 7) is 0.386. The van der Waals surface area contributed by atoms with Crippen LogP contribution in [-0.4, -0.2) is 30.2 Å². The zero-order valence-electron chi connectivity index (χ0n) is 8.49. The van der Waals surface area contributed by atoms with Crippen molar-refractivity contribution < 1.29 is 19.4 Å². The number of carbonyl (C=O) groups is 2. The average molecular weight is 213 g/mol. The lowest BCUT2D eigenvalue weighted by molar-refractivity contribution is -0.140. The largest absolute Gasteiger partial charge is 0.478 e. The van der Waals surface area contributed by atoms with Gasteiger partial charge in [0.1, 0.15) is 6.61 Å². The normalized spacial score (nSPS) is 16.3. The van der Waals surface area contributed by atoms with E-state index in [2.05, 4.69) is 0 Å². The number of hydrogen-bond donors (Lipinski definition) is 2. The second kappa shape index (κ2) is 5.50. The lowest BCUT2D eigenvalue weighted by atomic mass is 9.92. The summed E-state index contributed by atoms with van der Waals surface area (Å²) in [7, 11) is 0. The van der Waals surface area contributed by atoms with Crippen molar-refractivity contribution in [3.63, 3.8) is 0 Å². The van der Waals surface area contributed by atoms with Gasteiger partial charge in [-0.15, -0.1) is 0 Å². The minimum absolute atomic E-state index is 0.134. The Morgan fingerprint density at radius 1 is 1.27 bits per heavy atom. The number of carboxylic acids is 1. The number of carbonyl (C=O) groups excluding carboxylic acids is 1. The molecule has 5 nitrogen and oxygen atoms in total. The van der Waals surface area contributed by atoms with Crippen molar-refractivity contribution in [2.45, 2.75) is 25.7 Å². The van der Waals surface area contributed by atoms with Crippen LogP contribution in [-0.2, 0) is 14.3 Å². The van der Waals surface area contributed by atoms with Crippen molar-refractivity contribution in [1.29, 1.82) is 0 Å². The van der Waals surface area contributed by atoms with E-state index < -0.39 is 11.9 Å². The maximum atomic E-state index is 11.5. The fraction of sp³-hybridized carbons (Fsp3) is 0.600. The summed E-state index contributed by atoms with van der Waals surface area (Å²) in [5.41, 5.74) is 5.70. The Bertz CT molecular complexity index is 296. The molecule has 0 spiro atoms. The predicted molar refractivity (Wildman–Crippen MR) is 53.1 cm³/mol. The van der Waals surface area contributed by atoms with E-state index in [1.807, 2.05) is 0 Å². The first-order valence-corrected chi connectivity index (χ1v) is 4.99. The average Bonchev–Trinajstić information content (AvgIpc) is 2.25. The van der Waals surface area contributed by atoms with Gasteiger partial charge < -0.3 is 15.6 Å². The molecule has 0 fully saturated rings. The first-order chi connectivity index (χ1) is 7.16. The first kappa shape index (κ1) is 11.7. The second-order valence-corrected chi connectivity index (χ2v) is 3.39. The van der Waals surface area contributed by atoms with Crippen LogP contribution in [0.15, 0.2) is 11.1 Å². The Kier molecular flexibility index (Phi) is 4.30. The highest BCUT2D eigenvalue weighted by molar-refractivity contribution is 5.99. The van der Waals surface area contributed by atoms with Crippen molar-refractivity contribution in [3.8, 4) is 0 Å². The standard InChI is InChI=1S/C10H15NO4/c11-5-6-15-10(14)8-4-2-1-3-7(8)9(12)13/h1-6,11H2,(H,12,13). The number of aliphatic carboxylic acids is 1. The Labute approximate surface area is 87.9 Å².